The lowest BCUT2D eigenvalue weighted by Crippen LogP contribution is -2.23. The van der Waals surface area contributed by atoms with Gasteiger partial charge in [-0.2, -0.15) is 0 Å². The second kappa shape index (κ2) is 11.0. The maximum Gasteiger partial charge on any atom is 0.123 e. The summed E-state index contributed by atoms with van der Waals surface area (Å²) in [4.78, 5) is 0. The van der Waals surface area contributed by atoms with Crippen LogP contribution >= 0.6 is 0 Å². The smallest absolute Gasteiger partial charge is 0.123 e. The molecular formula is C35H56O2. The van der Waals surface area contributed by atoms with Gasteiger partial charge in [-0.3, -0.25) is 0 Å². The minimum Gasteiger partial charge on any atom is -0.507 e. The van der Waals surface area contributed by atoms with Gasteiger partial charge in [0.25, 0.3) is 0 Å². The summed E-state index contributed by atoms with van der Waals surface area (Å²) in [6.45, 7) is 29.1. The van der Waals surface area contributed by atoms with Crippen LogP contribution in [0.1, 0.15) is 161 Å². The molecule has 0 saturated carbocycles. The second-order valence-electron chi connectivity index (χ2n) is 13.8. The van der Waals surface area contributed by atoms with Crippen molar-refractivity contribution in [1.29, 1.82) is 0 Å². The lowest BCUT2D eigenvalue weighted by Gasteiger charge is -2.34. The standard InChI is InChI=1S/C35H56O2/c1-14-25(26-19-23(32(6,7)15-2)21-28(30(26)36)34(10,11)17-4)27-20-24(33(8,9)16-3)22-29(31(27)37)35(12,13)18-5/h19-22,25,36-37H,14-18H2,1-13H3. The molecule has 0 saturated heterocycles. The molecule has 0 aliphatic heterocycles. The first kappa shape index (κ1) is 31.3. The summed E-state index contributed by atoms with van der Waals surface area (Å²) in [5, 5.41) is 23.7. The molecule has 0 atom stereocenters. The molecular weight excluding hydrogens is 452 g/mol. The first-order valence-corrected chi connectivity index (χ1v) is 14.7. The van der Waals surface area contributed by atoms with Crippen molar-refractivity contribution in [3.63, 3.8) is 0 Å². The molecule has 0 unspecified atom stereocenters. The van der Waals surface area contributed by atoms with E-state index in [0.29, 0.717) is 11.5 Å². The molecule has 2 nitrogen and oxygen atoms in total. The van der Waals surface area contributed by atoms with Gasteiger partial charge in [0.2, 0.25) is 0 Å². The molecule has 2 heteroatoms. The van der Waals surface area contributed by atoms with Crippen molar-refractivity contribution in [2.45, 2.75) is 150 Å². The fraction of sp³-hybridized carbons (Fsp3) is 0.657. The Morgan fingerprint density at radius 2 is 0.811 bits per heavy atom. The van der Waals surface area contributed by atoms with Crippen LogP contribution in [0.25, 0.3) is 0 Å². The van der Waals surface area contributed by atoms with Crippen LogP contribution in [0.15, 0.2) is 24.3 Å². The number of phenols is 2. The summed E-state index contributed by atoms with van der Waals surface area (Å²) in [6.07, 6.45) is 4.70. The molecule has 0 radical (unpaired) electrons. The van der Waals surface area contributed by atoms with Crippen LogP contribution in [0.5, 0.6) is 11.5 Å². The van der Waals surface area contributed by atoms with Gasteiger partial charge in [0.1, 0.15) is 11.5 Å². The Labute approximate surface area is 228 Å². The summed E-state index contributed by atoms with van der Waals surface area (Å²) >= 11 is 0. The van der Waals surface area contributed by atoms with E-state index in [1.165, 1.54) is 11.1 Å². The largest absolute Gasteiger partial charge is 0.507 e. The van der Waals surface area contributed by atoms with E-state index in [0.717, 1.165) is 54.4 Å². The Hall–Kier alpha value is -1.96. The van der Waals surface area contributed by atoms with E-state index in [2.05, 4.69) is 114 Å². The number of rotatable bonds is 11. The molecule has 0 aliphatic rings. The summed E-state index contributed by atoms with van der Waals surface area (Å²) < 4.78 is 0. The van der Waals surface area contributed by atoms with Gasteiger partial charge in [-0.05, 0) is 64.9 Å². The SMILES string of the molecule is CCC(c1cc(C(C)(C)CC)cc(C(C)(C)CC)c1O)c1cc(C(C)(C)CC)cc(C(C)(C)CC)c1O. The molecule has 0 fully saturated rings. The second-order valence-corrected chi connectivity index (χ2v) is 13.8. The van der Waals surface area contributed by atoms with Crippen molar-refractivity contribution in [3.8, 4) is 11.5 Å². The highest BCUT2D eigenvalue weighted by atomic mass is 16.3. The van der Waals surface area contributed by atoms with Crippen molar-refractivity contribution in [1.82, 2.24) is 0 Å². The normalized spacial score (nSPS) is 13.5. The summed E-state index contributed by atoms with van der Waals surface area (Å²) in [5.41, 5.74) is 6.11. The first-order valence-electron chi connectivity index (χ1n) is 14.7. The molecule has 0 aliphatic carbocycles. The quantitative estimate of drug-likeness (QED) is 0.317. The monoisotopic (exact) mass is 508 g/mol. The first-order chi connectivity index (χ1) is 16.9. The Morgan fingerprint density at radius 1 is 0.514 bits per heavy atom. The van der Waals surface area contributed by atoms with E-state index in [1.807, 2.05) is 0 Å². The van der Waals surface area contributed by atoms with E-state index in [1.54, 1.807) is 0 Å². The zero-order valence-electron chi connectivity index (χ0n) is 26.3. The van der Waals surface area contributed by atoms with Crippen molar-refractivity contribution in [2.75, 3.05) is 0 Å². The zero-order chi connectivity index (χ0) is 28.6. The average Bonchev–Trinajstić information content (AvgIpc) is 2.85. The Kier molecular flexibility index (Phi) is 9.32. The minimum atomic E-state index is -0.152. The highest BCUT2D eigenvalue weighted by molar-refractivity contribution is 5.57. The van der Waals surface area contributed by atoms with E-state index in [4.69, 9.17) is 0 Å². The third-order valence-electron chi connectivity index (χ3n) is 9.99. The van der Waals surface area contributed by atoms with Crippen molar-refractivity contribution < 1.29 is 10.2 Å². The van der Waals surface area contributed by atoms with Gasteiger partial charge in [0.05, 0.1) is 0 Å². The van der Waals surface area contributed by atoms with Crippen LogP contribution in [0.2, 0.25) is 0 Å². The van der Waals surface area contributed by atoms with Gasteiger partial charge in [-0.1, -0.05) is 114 Å². The van der Waals surface area contributed by atoms with E-state index in [-0.39, 0.29) is 27.6 Å². The summed E-state index contributed by atoms with van der Waals surface area (Å²) in [6, 6.07) is 8.93. The molecule has 2 N–H and O–H groups in total. The highest BCUT2D eigenvalue weighted by Crippen LogP contribution is 2.49. The van der Waals surface area contributed by atoms with Gasteiger partial charge in [0, 0.05) is 28.2 Å². The number of phenolic OH excluding ortho intramolecular Hbond substituents is 2. The fourth-order valence-electron chi connectivity index (χ4n) is 5.05. The molecule has 0 bridgehead atoms. The van der Waals surface area contributed by atoms with Crippen LogP contribution in [0.4, 0.5) is 0 Å². The minimum absolute atomic E-state index is 0.0111. The highest BCUT2D eigenvalue weighted by Gasteiger charge is 2.34. The number of aromatic hydroxyl groups is 2. The number of hydrogen-bond donors (Lipinski definition) is 2. The molecule has 2 aromatic rings. The summed E-state index contributed by atoms with van der Waals surface area (Å²) in [7, 11) is 0. The zero-order valence-corrected chi connectivity index (χ0v) is 26.3. The third-order valence-corrected chi connectivity index (χ3v) is 9.99. The van der Waals surface area contributed by atoms with Crippen LogP contribution in [-0.2, 0) is 21.7 Å². The number of hydrogen-bond acceptors (Lipinski definition) is 2. The molecule has 208 valence electrons. The third kappa shape index (κ3) is 6.04. The van der Waals surface area contributed by atoms with E-state index < -0.39 is 0 Å². The molecule has 2 aromatic carbocycles. The molecule has 0 spiro atoms. The van der Waals surface area contributed by atoms with E-state index >= 15 is 0 Å². The van der Waals surface area contributed by atoms with Crippen LogP contribution < -0.4 is 0 Å². The Bertz CT molecular complexity index is 999. The molecule has 0 heterocycles. The molecule has 0 aromatic heterocycles. The van der Waals surface area contributed by atoms with Gasteiger partial charge in [0.15, 0.2) is 0 Å². The van der Waals surface area contributed by atoms with Crippen LogP contribution in [0.3, 0.4) is 0 Å². The van der Waals surface area contributed by atoms with Gasteiger partial charge >= 0.3 is 0 Å². The molecule has 2 rings (SSSR count). The lowest BCUT2D eigenvalue weighted by molar-refractivity contribution is 0.408. The van der Waals surface area contributed by atoms with Crippen molar-refractivity contribution >= 4 is 0 Å². The fourth-order valence-corrected chi connectivity index (χ4v) is 5.05. The van der Waals surface area contributed by atoms with E-state index in [9.17, 15) is 10.2 Å². The molecule has 37 heavy (non-hydrogen) atoms. The Morgan fingerprint density at radius 3 is 1.05 bits per heavy atom. The molecule has 0 amide bonds. The van der Waals surface area contributed by atoms with Gasteiger partial charge in [-0.15, -0.1) is 0 Å². The van der Waals surface area contributed by atoms with Crippen molar-refractivity contribution in [2.24, 2.45) is 0 Å². The van der Waals surface area contributed by atoms with Gasteiger partial charge < -0.3 is 10.2 Å². The van der Waals surface area contributed by atoms with Crippen molar-refractivity contribution in [3.05, 3.63) is 57.6 Å². The van der Waals surface area contributed by atoms with Gasteiger partial charge in [-0.25, -0.2) is 0 Å². The number of benzene rings is 2. The predicted octanol–water partition coefficient (Wildman–Crippen LogP) is 10.4. The lowest BCUT2D eigenvalue weighted by atomic mass is 9.71. The predicted molar refractivity (Wildman–Crippen MR) is 162 cm³/mol. The maximum absolute atomic E-state index is 11.8. The van der Waals surface area contributed by atoms with Crippen LogP contribution in [-0.4, -0.2) is 10.2 Å². The van der Waals surface area contributed by atoms with Crippen LogP contribution in [0, 0.1) is 0 Å². The average molecular weight is 509 g/mol. The topological polar surface area (TPSA) is 40.5 Å². The summed E-state index contributed by atoms with van der Waals surface area (Å²) in [5.74, 6) is 0.688. The Balaban J connectivity index is 3.02. The maximum atomic E-state index is 11.8.